The number of hydrogen-bond donors (Lipinski definition) is 2. The lowest BCUT2D eigenvalue weighted by Gasteiger charge is -2.21. The van der Waals surface area contributed by atoms with Gasteiger partial charge in [0.25, 0.3) is 0 Å². The molecule has 0 amide bonds. The highest BCUT2D eigenvalue weighted by molar-refractivity contribution is 4.90. The summed E-state index contributed by atoms with van der Waals surface area (Å²) in [6, 6.07) is 0. The Morgan fingerprint density at radius 3 is 2.11 bits per heavy atom. The molecule has 2 unspecified atom stereocenters. The van der Waals surface area contributed by atoms with Gasteiger partial charge in [-0.2, -0.15) is 0 Å². The van der Waals surface area contributed by atoms with E-state index in [4.69, 9.17) is 14.9 Å². The topological polar surface area (TPSA) is 49.7 Å². The Balaban J connectivity index is 2.62. The molecule has 1 aliphatic heterocycles. The lowest BCUT2D eigenvalue weighted by atomic mass is 10.0. The molecule has 2 N–H and O–H groups in total. The highest BCUT2D eigenvalue weighted by atomic mass is 16.5. The molecule has 0 bridgehead atoms. The molecular formula is C6H12O3. The van der Waals surface area contributed by atoms with Crippen molar-refractivity contribution in [3.63, 3.8) is 0 Å². The van der Waals surface area contributed by atoms with Crippen LogP contribution in [0, 0.1) is 0 Å². The van der Waals surface area contributed by atoms with E-state index in [1.54, 1.807) is 13.8 Å². The summed E-state index contributed by atoms with van der Waals surface area (Å²) in [7, 11) is 0. The van der Waals surface area contributed by atoms with Gasteiger partial charge >= 0.3 is 0 Å². The largest absolute Gasteiger partial charge is 0.388 e. The molecule has 0 spiro atoms. The summed E-state index contributed by atoms with van der Waals surface area (Å²) in [5.74, 6) is 0. The molecule has 0 aromatic rings. The number of hydrogen-bond acceptors (Lipinski definition) is 3. The van der Waals surface area contributed by atoms with Crippen molar-refractivity contribution in [3.05, 3.63) is 0 Å². The molecule has 0 aromatic carbocycles. The van der Waals surface area contributed by atoms with Crippen molar-refractivity contribution < 1.29 is 14.9 Å². The average molecular weight is 132 g/mol. The van der Waals surface area contributed by atoms with Crippen molar-refractivity contribution in [2.24, 2.45) is 0 Å². The van der Waals surface area contributed by atoms with Crippen LogP contribution < -0.4 is 0 Å². The van der Waals surface area contributed by atoms with Crippen LogP contribution >= 0.6 is 0 Å². The quantitative estimate of drug-likeness (QED) is 0.468. The SMILES string of the molecule is CC1(C)OCC(O)C1O. The second-order valence-electron chi connectivity index (χ2n) is 2.93. The van der Waals surface area contributed by atoms with Crippen molar-refractivity contribution in [1.82, 2.24) is 0 Å². The second-order valence-corrected chi connectivity index (χ2v) is 2.93. The molecule has 0 aliphatic carbocycles. The van der Waals surface area contributed by atoms with Crippen molar-refractivity contribution in [3.8, 4) is 0 Å². The fourth-order valence-corrected chi connectivity index (χ4v) is 0.940. The van der Waals surface area contributed by atoms with E-state index in [0.29, 0.717) is 0 Å². The van der Waals surface area contributed by atoms with E-state index in [2.05, 4.69) is 0 Å². The summed E-state index contributed by atoms with van der Waals surface area (Å²) in [6.07, 6.45) is -1.45. The van der Waals surface area contributed by atoms with Gasteiger partial charge in [-0.15, -0.1) is 0 Å². The van der Waals surface area contributed by atoms with Crippen molar-refractivity contribution in [2.75, 3.05) is 6.61 Å². The van der Waals surface area contributed by atoms with Crippen LogP contribution in [-0.4, -0.2) is 34.6 Å². The minimum Gasteiger partial charge on any atom is -0.388 e. The lowest BCUT2D eigenvalue weighted by Crippen LogP contribution is -2.37. The smallest absolute Gasteiger partial charge is 0.110 e. The molecule has 2 atom stereocenters. The molecular weight excluding hydrogens is 120 g/mol. The zero-order chi connectivity index (χ0) is 7.07. The fraction of sp³-hybridized carbons (Fsp3) is 1.00. The van der Waals surface area contributed by atoms with Gasteiger partial charge in [-0.1, -0.05) is 0 Å². The van der Waals surface area contributed by atoms with Crippen LogP contribution in [0.4, 0.5) is 0 Å². The predicted octanol–water partition coefficient (Wildman–Crippen LogP) is -0.483. The maximum atomic E-state index is 9.15. The Morgan fingerprint density at radius 2 is 2.00 bits per heavy atom. The second kappa shape index (κ2) is 1.94. The van der Waals surface area contributed by atoms with E-state index in [0.717, 1.165) is 0 Å². The highest BCUT2D eigenvalue weighted by Crippen LogP contribution is 2.24. The fourth-order valence-electron chi connectivity index (χ4n) is 0.940. The van der Waals surface area contributed by atoms with Crippen molar-refractivity contribution in [2.45, 2.75) is 31.7 Å². The van der Waals surface area contributed by atoms with Gasteiger partial charge in [-0.05, 0) is 13.8 Å². The Morgan fingerprint density at radius 1 is 1.44 bits per heavy atom. The van der Waals surface area contributed by atoms with Crippen LogP contribution in [0.25, 0.3) is 0 Å². The number of ether oxygens (including phenoxy) is 1. The third-order valence-electron chi connectivity index (χ3n) is 1.70. The van der Waals surface area contributed by atoms with E-state index >= 15 is 0 Å². The van der Waals surface area contributed by atoms with E-state index < -0.39 is 17.8 Å². The van der Waals surface area contributed by atoms with E-state index in [-0.39, 0.29) is 6.61 Å². The van der Waals surface area contributed by atoms with Gasteiger partial charge in [0.2, 0.25) is 0 Å². The molecule has 0 aromatic heterocycles. The standard InChI is InChI=1S/C6H12O3/c1-6(2)5(8)4(7)3-9-6/h4-5,7-8H,3H2,1-2H3. The summed E-state index contributed by atoms with van der Waals surface area (Å²) >= 11 is 0. The predicted molar refractivity (Wildman–Crippen MR) is 32.0 cm³/mol. The van der Waals surface area contributed by atoms with Crippen LogP contribution in [0.3, 0.4) is 0 Å². The summed E-state index contributed by atoms with van der Waals surface area (Å²) in [5.41, 5.74) is -0.570. The minimum atomic E-state index is -0.738. The zero-order valence-corrected chi connectivity index (χ0v) is 5.66. The van der Waals surface area contributed by atoms with Crippen LogP contribution in [0.5, 0.6) is 0 Å². The summed E-state index contributed by atoms with van der Waals surface area (Å²) < 4.78 is 5.06. The average Bonchev–Trinajstić information content (AvgIpc) is 1.97. The summed E-state index contributed by atoms with van der Waals surface area (Å²) in [5, 5.41) is 18.1. The number of aliphatic hydroxyl groups is 2. The Kier molecular flexibility index (Phi) is 1.50. The lowest BCUT2D eigenvalue weighted by molar-refractivity contribution is -0.0367. The first-order chi connectivity index (χ1) is 4.04. The van der Waals surface area contributed by atoms with Gasteiger partial charge in [-0.3, -0.25) is 0 Å². The molecule has 1 aliphatic rings. The minimum absolute atomic E-state index is 0.244. The summed E-state index contributed by atoms with van der Waals surface area (Å²) in [6.45, 7) is 3.76. The van der Waals surface area contributed by atoms with Crippen LogP contribution in [0.1, 0.15) is 13.8 Å². The van der Waals surface area contributed by atoms with Crippen LogP contribution in [-0.2, 0) is 4.74 Å². The molecule has 1 rings (SSSR count). The van der Waals surface area contributed by atoms with E-state index in [1.165, 1.54) is 0 Å². The van der Waals surface area contributed by atoms with Crippen LogP contribution in [0.15, 0.2) is 0 Å². The van der Waals surface area contributed by atoms with Gasteiger partial charge in [-0.25, -0.2) is 0 Å². The molecule has 3 heteroatoms. The first-order valence-corrected chi connectivity index (χ1v) is 3.04. The monoisotopic (exact) mass is 132 g/mol. The Hall–Kier alpha value is -0.120. The first-order valence-electron chi connectivity index (χ1n) is 3.04. The molecule has 1 saturated heterocycles. The third kappa shape index (κ3) is 1.08. The zero-order valence-electron chi connectivity index (χ0n) is 5.66. The van der Waals surface area contributed by atoms with E-state index in [1.807, 2.05) is 0 Å². The number of aliphatic hydroxyl groups excluding tert-OH is 2. The maximum absolute atomic E-state index is 9.15. The maximum Gasteiger partial charge on any atom is 0.110 e. The molecule has 9 heavy (non-hydrogen) atoms. The van der Waals surface area contributed by atoms with Gasteiger partial charge in [0, 0.05) is 0 Å². The molecule has 54 valence electrons. The van der Waals surface area contributed by atoms with Gasteiger partial charge in [0.15, 0.2) is 0 Å². The van der Waals surface area contributed by atoms with Gasteiger partial charge in [0.05, 0.1) is 12.2 Å². The van der Waals surface area contributed by atoms with Crippen molar-refractivity contribution >= 4 is 0 Å². The van der Waals surface area contributed by atoms with Gasteiger partial charge in [0.1, 0.15) is 12.2 Å². The van der Waals surface area contributed by atoms with Gasteiger partial charge < -0.3 is 14.9 Å². The highest BCUT2D eigenvalue weighted by Gasteiger charge is 2.40. The Bertz CT molecular complexity index is 111. The van der Waals surface area contributed by atoms with Crippen LogP contribution in [0.2, 0.25) is 0 Å². The molecule has 1 heterocycles. The molecule has 1 fully saturated rings. The molecule has 0 saturated carbocycles. The number of rotatable bonds is 0. The van der Waals surface area contributed by atoms with E-state index in [9.17, 15) is 0 Å². The van der Waals surface area contributed by atoms with Crippen molar-refractivity contribution in [1.29, 1.82) is 0 Å². The summed E-state index contributed by atoms with van der Waals surface area (Å²) in [4.78, 5) is 0. The Labute approximate surface area is 54.3 Å². The normalized spacial score (nSPS) is 41.3. The molecule has 3 nitrogen and oxygen atoms in total. The first kappa shape index (κ1) is 6.99. The molecule has 0 radical (unpaired) electrons. The third-order valence-corrected chi connectivity index (χ3v) is 1.70.